The molecule has 5 heterocycles. The third kappa shape index (κ3) is 7.84. The number of aliphatic imine (C=N–C) groups is 1. The van der Waals surface area contributed by atoms with Crippen LogP contribution in [0.15, 0.2) is 53.7 Å². The molecule has 3 N–H and O–H groups in total. The van der Waals surface area contributed by atoms with Gasteiger partial charge in [-0.2, -0.15) is 0 Å². The van der Waals surface area contributed by atoms with Crippen LogP contribution < -0.4 is 10.6 Å². The first-order chi connectivity index (χ1) is 30.4. The Morgan fingerprint density at radius 2 is 1.25 bits per heavy atom. The minimum absolute atomic E-state index is 0.0963. The first-order valence-corrected chi connectivity index (χ1v) is 22.5. The molecule has 63 heavy (non-hydrogen) atoms. The number of aromatic amines is 1. The highest BCUT2D eigenvalue weighted by Crippen LogP contribution is 2.57. The van der Waals surface area contributed by atoms with Gasteiger partial charge in [0.25, 0.3) is 0 Å². The van der Waals surface area contributed by atoms with Crippen molar-refractivity contribution in [3.63, 3.8) is 0 Å². The maximum atomic E-state index is 13.8. The molecule has 5 aliphatic rings. The van der Waals surface area contributed by atoms with Gasteiger partial charge in [-0.3, -0.25) is 14.6 Å². The second kappa shape index (κ2) is 17.2. The Hall–Kier alpha value is -6.12. The Morgan fingerprint density at radius 1 is 0.714 bits per heavy atom. The van der Waals surface area contributed by atoms with Crippen molar-refractivity contribution in [1.29, 1.82) is 0 Å². The summed E-state index contributed by atoms with van der Waals surface area (Å²) in [6.07, 6.45) is 7.99. The summed E-state index contributed by atoms with van der Waals surface area (Å²) in [5, 5.41) is 15.4. The molecule has 6 atom stereocenters. The van der Waals surface area contributed by atoms with E-state index in [1.54, 1.807) is 0 Å². The second-order valence-corrected chi connectivity index (χ2v) is 18.4. The number of imidazole rings is 1. The molecule has 4 aromatic rings. The van der Waals surface area contributed by atoms with Crippen molar-refractivity contribution < 1.29 is 28.7 Å². The van der Waals surface area contributed by atoms with Crippen LogP contribution in [0, 0.1) is 11.8 Å². The molecule has 15 heteroatoms. The number of nitrogens with zero attached hydrogens (tertiary/aromatic N) is 6. The number of aromatic nitrogens is 4. The van der Waals surface area contributed by atoms with Gasteiger partial charge in [-0.25, -0.2) is 14.6 Å². The summed E-state index contributed by atoms with van der Waals surface area (Å²) >= 11 is 0. The van der Waals surface area contributed by atoms with Crippen molar-refractivity contribution in [2.24, 2.45) is 16.8 Å². The molecule has 0 radical (unpaired) electrons. The van der Waals surface area contributed by atoms with Crippen LogP contribution in [0.3, 0.4) is 0 Å². The van der Waals surface area contributed by atoms with Gasteiger partial charge < -0.3 is 34.9 Å². The zero-order valence-corrected chi connectivity index (χ0v) is 36.9. The molecule has 0 spiro atoms. The van der Waals surface area contributed by atoms with Gasteiger partial charge in [0.05, 0.1) is 55.3 Å². The van der Waals surface area contributed by atoms with E-state index in [9.17, 15) is 19.2 Å². The van der Waals surface area contributed by atoms with E-state index in [0.29, 0.717) is 31.3 Å². The van der Waals surface area contributed by atoms with Crippen molar-refractivity contribution in [3.8, 4) is 33.8 Å². The molecule has 2 saturated heterocycles. The van der Waals surface area contributed by atoms with E-state index in [1.807, 2.05) is 43.7 Å². The summed E-state index contributed by atoms with van der Waals surface area (Å²) in [5.74, 6) is 1.17. The number of amides is 4. The van der Waals surface area contributed by atoms with Crippen LogP contribution in [-0.2, 0) is 25.5 Å². The van der Waals surface area contributed by atoms with Crippen LogP contribution in [0.2, 0.25) is 0 Å². The van der Waals surface area contributed by atoms with Gasteiger partial charge >= 0.3 is 12.2 Å². The fraction of sp³-hybridized carbons (Fsp3) is 0.500. The zero-order chi connectivity index (χ0) is 44.1. The van der Waals surface area contributed by atoms with Crippen molar-refractivity contribution in [2.75, 3.05) is 27.3 Å². The summed E-state index contributed by atoms with van der Waals surface area (Å²) in [6, 6.07) is 13.1. The van der Waals surface area contributed by atoms with Crippen molar-refractivity contribution >= 4 is 35.4 Å². The van der Waals surface area contributed by atoms with Gasteiger partial charge in [0, 0.05) is 36.3 Å². The molecule has 1 saturated carbocycles. The summed E-state index contributed by atoms with van der Waals surface area (Å²) in [5.41, 5.74) is 11.5. The van der Waals surface area contributed by atoms with Crippen LogP contribution >= 0.6 is 0 Å². The fourth-order valence-corrected chi connectivity index (χ4v) is 10.7. The van der Waals surface area contributed by atoms with Crippen molar-refractivity contribution in [2.45, 2.75) is 115 Å². The van der Waals surface area contributed by atoms with Crippen LogP contribution in [0.5, 0.6) is 0 Å². The predicted octanol–water partition coefficient (Wildman–Crippen LogP) is 7.61. The summed E-state index contributed by atoms with van der Waals surface area (Å²) in [4.78, 5) is 68.6. The van der Waals surface area contributed by atoms with E-state index >= 15 is 0 Å². The summed E-state index contributed by atoms with van der Waals surface area (Å²) in [6.45, 7) is 8.89. The average Bonchev–Trinajstić information content (AvgIpc) is 4.16. The van der Waals surface area contributed by atoms with Crippen LogP contribution in [0.25, 0.3) is 33.8 Å². The van der Waals surface area contributed by atoms with Gasteiger partial charge in [-0.15, -0.1) is 10.2 Å². The number of H-pyrrole nitrogens is 1. The number of rotatable bonds is 11. The number of methoxy groups -OCH3 is 2. The normalized spacial score (nSPS) is 21.9. The molecular formula is C48H57N9O6. The van der Waals surface area contributed by atoms with Gasteiger partial charge in [0.15, 0.2) is 0 Å². The minimum atomic E-state index is -0.693. The zero-order valence-electron chi connectivity index (χ0n) is 36.9. The maximum absolute atomic E-state index is 13.8. The average molecular weight is 856 g/mol. The number of carbonyl (C=O) groups is 4. The van der Waals surface area contributed by atoms with Crippen LogP contribution in [0.4, 0.5) is 15.3 Å². The van der Waals surface area contributed by atoms with Crippen molar-refractivity contribution in [3.05, 3.63) is 71.2 Å². The molecule has 2 bridgehead atoms. The SMILES string of the molecule is COC(=O)NC(C(=O)N1CCCC1C1=Nc2ccc(-c3nnc(-c4ccc(-c5cnc(C6CCCN6C(=O)C(NC(=O)OC)C(C)C)[nH]5)cc4)c4c3C3CCC4C3)cc2C1)C(C)C. The molecule has 4 amide bonds. The van der Waals surface area contributed by atoms with Gasteiger partial charge in [-0.1, -0.05) is 58.0 Å². The Labute approximate surface area is 367 Å². The quantitative estimate of drug-likeness (QED) is 0.137. The molecule has 15 nitrogen and oxygen atoms in total. The molecular weight excluding hydrogens is 799 g/mol. The standard InChI is InChI=1S/C48H57N9O6/c1-25(2)40(52-47(60)62-5)45(58)56-19-7-9-36(56)34-23-32-22-31(17-18-33(32)50-34)43-39-30-16-15-29(21-30)38(39)42(54-55-43)28-13-11-27(12-14-28)35-24-49-44(51-35)37-10-8-20-57(37)46(59)41(26(3)4)53-48(61)63-6/h11-14,17-18,22,24-26,29-30,36-37,40-41H,7-10,15-16,19-21,23H2,1-6H3,(H,49,51)(H,52,60)(H,53,61). The van der Waals surface area contributed by atoms with E-state index in [0.717, 1.165) is 102 Å². The first-order valence-electron chi connectivity index (χ1n) is 22.5. The predicted molar refractivity (Wildman–Crippen MR) is 237 cm³/mol. The Balaban J connectivity index is 0.923. The summed E-state index contributed by atoms with van der Waals surface area (Å²) < 4.78 is 9.61. The number of hydrogen-bond acceptors (Lipinski definition) is 10. The number of fused-ring (bicyclic) bond motifs is 6. The number of hydrogen-bond donors (Lipinski definition) is 3. The topological polar surface area (TPSA) is 184 Å². The Morgan fingerprint density at radius 3 is 1.84 bits per heavy atom. The highest BCUT2D eigenvalue weighted by molar-refractivity contribution is 6.01. The lowest BCUT2D eigenvalue weighted by Crippen LogP contribution is -2.53. The molecule has 6 unspecified atom stereocenters. The maximum Gasteiger partial charge on any atom is 0.407 e. The molecule has 3 aliphatic heterocycles. The van der Waals surface area contributed by atoms with E-state index in [1.165, 1.54) is 25.3 Å². The molecule has 2 aromatic heterocycles. The second-order valence-electron chi connectivity index (χ2n) is 18.4. The largest absolute Gasteiger partial charge is 0.453 e. The monoisotopic (exact) mass is 855 g/mol. The van der Waals surface area contributed by atoms with Gasteiger partial charge in [0.2, 0.25) is 11.8 Å². The van der Waals surface area contributed by atoms with Crippen LogP contribution in [0.1, 0.15) is 113 Å². The summed E-state index contributed by atoms with van der Waals surface area (Å²) in [7, 11) is 2.60. The van der Waals surface area contributed by atoms with E-state index in [-0.39, 0.29) is 35.7 Å². The van der Waals surface area contributed by atoms with Gasteiger partial charge in [0.1, 0.15) is 17.9 Å². The van der Waals surface area contributed by atoms with Crippen LogP contribution in [-0.4, -0.2) is 105 Å². The Kier molecular flexibility index (Phi) is 11.5. The Bertz CT molecular complexity index is 2460. The lowest BCUT2D eigenvalue weighted by molar-refractivity contribution is -0.135. The molecule has 2 aliphatic carbocycles. The number of likely N-dealkylation sites (tertiary alicyclic amines) is 2. The third-order valence-corrected chi connectivity index (χ3v) is 13.9. The highest BCUT2D eigenvalue weighted by Gasteiger charge is 2.43. The lowest BCUT2D eigenvalue weighted by atomic mass is 9.86. The number of carbonyl (C=O) groups excluding carboxylic acids is 4. The third-order valence-electron chi connectivity index (χ3n) is 13.9. The van der Waals surface area contributed by atoms with E-state index in [2.05, 4.69) is 58.1 Å². The van der Waals surface area contributed by atoms with E-state index < -0.39 is 24.3 Å². The molecule has 2 aromatic carbocycles. The molecule has 3 fully saturated rings. The molecule has 9 rings (SSSR count). The van der Waals surface area contributed by atoms with Gasteiger partial charge in [-0.05, 0) is 103 Å². The minimum Gasteiger partial charge on any atom is -0.453 e. The van der Waals surface area contributed by atoms with Crippen molar-refractivity contribution in [1.82, 2.24) is 40.6 Å². The first kappa shape index (κ1) is 42.2. The fourth-order valence-electron chi connectivity index (χ4n) is 10.7. The molecule has 330 valence electrons. The highest BCUT2D eigenvalue weighted by atomic mass is 16.5. The number of benzene rings is 2. The smallest absolute Gasteiger partial charge is 0.407 e. The number of ether oxygens (including phenoxy) is 2. The lowest BCUT2D eigenvalue weighted by Gasteiger charge is -2.30. The van der Waals surface area contributed by atoms with E-state index in [4.69, 9.17) is 29.6 Å². The number of alkyl carbamates (subject to hydrolysis) is 2. The number of nitrogens with one attached hydrogen (secondary N) is 3.